The number of phenols is 1. The van der Waals surface area contributed by atoms with E-state index < -0.39 is 17.2 Å². The van der Waals surface area contributed by atoms with Crippen molar-refractivity contribution in [2.24, 2.45) is 0 Å². The molecule has 638 valence electrons. The normalized spacial score (nSPS) is 10.1. The Kier molecular flexibility index (Phi) is 66.4. The van der Waals surface area contributed by atoms with Crippen molar-refractivity contribution in [3.8, 4) is 28.7 Å². The number of aliphatic hydroxyl groups is 6. The molecule has 0 aliphatic heterocycles. The number of nitrogens with zero attached hydrogens (tertiary/aromatic N) is 2. The molecule has 10 rings (SSSR count). The van der Waals surface area contributed by atoms with Gasteiger partial charge in [0.2, 0.25) is 5.24 Å². The van der Waals surface area contributed by atoms with Gasteiger partial charge in [-0.05, 0) is 215 Å². The molecule has 0 saturated heterocycles. The number of para-hydroxylation sites is 2. The van der Waals surface area contributed by atoms with Gasteiger partial charge in [0.25, 0.3) is 6.47 Å². The van der Waals surface area contributed by atoms with Crippen LogP contribution in [-0.2, 0) is 57.6 Å². The van der Waals surface area contributed by atoms with E-state index in [1.807, 2.05) is 214 Å². The van der Waals surface area contributed by atoms with Crippen molar-refractivity contribution in [2.45, 2.75) is 72.9 Å². The van der Waals surface area contributed by atoms with Crippen LogP contribution in [0.4, 0.5) is 22.7 Å². The molecule has 0 spiro atoms. The molecule has 0 heterocycles. The van der Waals surface area contributed by atoms with E-state index in [2.05, 4.69) is 118 Å². The number of hydrogen-bond donors (Lipinski definition) is 7. The minimum absolute atomic E-state index is 0. The first-order valence-corrected chi connectivity index (χ1v) is 39.7. The van der Waals surface area contributed by atoms with Gasteiger partial charge < -0.3 is 85.5 Å². The molecule has 0 fully saturated rings. The first kappa shape index (κ1) is 113. The number of benzene rings is 10. The second-order valence-electron chi connectivity index (χ2n) is 25.6. The number of carbonyl (C=O) groups excluding carboxylic acids is 5. The number of ketones is 1. The molecule has 0 amide bonds. The fraction of sp³-hybridized carbons (Fsp3) is 0.253. The van der Waals surface area contributed by atoms with Crippen LogP contribution in [-0.4, -0.2) is 161 Å². The number of Topliss-reactive ketones (excluding diaryl/α,β-unsaturated/α-hetero) is 1. The molecule has 0 radical (unpaired) electrons. The first-order valence-electron chi connectivity index (χ1n) is 37.8. The molecular weight excluding hydrogens is 1730 g/mol. The Balaban J connectivity index is 0. The Morgan fingerprint density at radius 1 is 0.413 bits per heavy atom. The monoisotopic (exact) mass is 1840 g/mol. The average molecular weight is 1840 g/mol. The predicted molar refractivity (Wildman–Crippen MR) is 477 cm³/mol. The van der Waals surface area contributed by atoms with Gasteiger partial charge in [0, 0.05) is 43.9 Å². The molecule has 2 unspecified atom stereocenters. The molecule has 7 N–H and O–H groups in total. The first-order chi connectivity index (χ1) is 57.4. The molecule has 0 saturated carbocycles. The average Bonchev–Trinajstić information content (AvgIpc) is 0.827. The zero-order valence-corrected chi connectivity index (χ0v) is 79.4. The Morgan fingerprint density at radius 3 is 0.934 bits per heavy atom. The van der Waals surface area contributed by atoms with E-state index in [0.29, 0.717) is 48.0 Å². The number of esters is 2. The number of aromatic hydroxyl groups is 1. The summed E-state index contributed by atoms with van der Waals surface area (Å²) >= 11 is 6.98. The van der Waals surface area contributed by atoms with Crippen molar-refractivity contribution < 1.29 is 202 Å². The van der Waals surface area contributed by atoms with Gasteiger partial charge >= 0.3 is 115 Å². The Labute approximate surface area is 817 Å². The number of hydrogen-bond acceptors (Lipinski definition) is 22. The molecule has 121 heavy (non-hydrogen) atoms. The maximum absolute atomic E-state index is 11.8. The largest absolute Gasteiger partial charge is 1.00 e. The van der Waals surface area contributed by atoms with Gasteiger partial charge in [-0.3, -0.25) is 14.4 Å². The van der Waals surface area contributed by atoms with E-state index in [-0.39, 0.29) is 188 Å². The maximum Gasteiger partial charge on any atom is 1.00 e. The Morgan fingerprint density at radius 2 is 0.669 bits per heavy atom. The van der Waals surface area contributed by atoms with Gasteiger partial charge in [-0.25, -0.2) is 9.59 Å². The number of anilines is 4. The minimum Gasteiger partial charge on any atom is -1.00 e. The number of alkyl halides is 1. The second-order valence-corrected chi connectivity index (χ2v) is 27.0. The summed E-state index contributed by atoms with van der Waals surface area (Å²) in [4.78, 5) is 58.0. The van der Waals surface area contributed by atoms with Crippen molar-refractivity contribution in [3.05, 3.63) is 343 Å². The third-order valence-electron chi connectivity index (χ3n) is 15.5. The second kappa shape index (κ2) is 71.2. The van der Waals surface area contributed by atoms with Gasteiger partial charge in [-0.1, -0.05) is 206 Å². The summed E-state index contributed by atoms with van der Waals surface area (Å²) in [5.74, 6) is 2.27. The van der Waals surface area contributed by atoms with Crippen LogP contribution in [0.25, 0.3) is 0 Å². The smallest absolute Gasteiger partial charge is 1.00 e. The number of aliphatic hydroxyl groups excluding tert-OH is 6. The van der Waals surface area contributed by atoms with Crippen LogP contribution in [0.5, 0.6) is 28.7 Å². The van der Waals surface area contributed by atoms with E-state index in [1.165, 1.54) is 40.3 Å². The summed E-state index contributed by atoms with van der Waals surface area (Å²) in [5, 5.41) is 68.3. The van der Waals surface area contributed by atoms with E-state index >= 15 is 0 Å². The van der Waals surface area contributed by atoms with E-state index in [1.54, 1.807) is 32.9 Å². The van der Waals surface area contributed by atoms with Crippen LogP contribution < -0.4 is 137 Å². The molecule has 10 aromatic rings. The third-order valence-corrected chi connectivity index (χ3v) is 16.3. The van der Waals surface area contributed by atoms with Crippen molar-refractivity contribution in [1.82, 2.24) is 0 Å². The summed E-state index contributed by atoms with van der Waals surface area (Å²) < 4.78 is 32.9. The van der Waals surface area contributed by atoms with Gasteiger partial charge in [0.15, 0.2) is 5.78 Å². The number of rotatable bonds is 34. The van der Waals surface area contributed by atoms with Gasteiger partial charge in [-0.2, -0.15) is 0 Å². The van der Waals surface area contributed by atoms with Crippen LogP contribution in [0.2, 0.25) is 0 Å². The summed E-state index contributed by atoms with van der Waals surface area (Å²) in [6.45, 7) is 22.0. The molecule has 22 nitrogen and oxygen atoms in total. The standard InChI is InChI=1S/C25H29NO5.C17H21NO3.2C15H16O2.C13H12O.C4H5ClO.C3H6O2.C2H5IO.CH2O3.2K.H/c1-18(2)24(27)30-16-15-29-23-13-11-22(12-14-23)26(21-9-7-6-8-10-21)20(5)17-31-25(28)19(3)4;1-14(13-20)18(15-5-3-2-4-6-15)16-7-9-17(10-8-16)21-12-11-19;2*16-10-11-17-15-8-6-14(7-9-15)12-13-4-2-1-3-5-13;14-13-8-6-12(7-9-13)10-11-4-2-1-3-5-11;1-3(2)4(5)6;1-3(5)2-4;3-1-2-4;2-1-4-3;;;/h6-14,20H,1,3,15-17H2,2,4-5H3;2-10,14,19-20H,11-13H2,1H3;2*1-9,16H,10-12H2;1-9,14H,10H2;1H2,2H3;4H,2H2,1H3;4H,1-2H2;1,3H;;;/q;;;;;;;;;2*+1;-1/p-1. The minimum atomic E-state index is -0.463. The third kappa shape index (κ3) is 52.8. The van der Waals surface area contributed by atoms with Crippen molar-refractivity contribution in [1.29, 1.82) is 0 Å². The SMILES string of the molecule is C=C(C)C(=O)Cl.C=C(C)C(=O)OCCOc1ccc(N(c2ccccc2)C(C)COC(=O)C(=C)C)cc1.CC(=O)CO.CC(CO)N(c1ccccc1)c1ccc(OCCO)cc1.O=CO[O-].OCCI.OCCOc1ccc(Cc2ccccc2)cc1.OCCOc1ccc(Cc2ccccc2)cc1.Oc1ccc(Cc2ccccc2)cc1.[H-].[K+].[K+]. The fourth-order valence-corrected chi connectivity index (χ4v) is 9.80. The Bertz CT molecular complexity index is 4290. The number of allylic oxidation sites excluding steroid dienone is 1. The van der Waals surface area contributed by atoms with E-state index in [0.717, 1.165) is 63.7 Å². The van der Waals surface area contributed by atoms with Gasteiger partial charge in [0.05, 0.1) is 45.1 Å². The van der Waals surface area contributed by atoms with E-state index in [4.69, 9.17) is 80.7 Å². The number of ether oxygens (including phenoxy) is 6. The zero-order valence-electron chi connectivity index (χ0n) is 71.2. The Hall–Kier alpha value is -8.22. The molecule has 0 aromatic heterocycles. The van der Waals surface area contributed by atoms with Crippen molar-refractivity contribution in [2.75, 3.05) is 93.5 Å². The number of carbonyl (C=O) groups is 5. The van der Waals surface area contributed by atoms with E-state index in [9.17, 15) is 24.3 Å². The summed E-state index contributed by atoms with van der Waals surface area (Å²) in [6.07, 6.45) is 2.78. The molecule has 0 aliphatic carbocycles. The van der Waals surface area contributed by atoms with Crippen LogP contribution >= 0.6 is 34.2 Å². The van der Waals surface area contributed by atoms with Gasteiger partial charge in [-0.15, -0.1) is 0 Å². The predicted octanol–water partition coefficient (Wildman–Crippen LogP) is 9.55. The summed E-state index contributed by atoms with van der Waals surface area (Å²) in [6, 6.07) is 89.2. The molecule has 0 aliphatic rings. The maximum atomic E-state index is 11.8. The summed E-state index contributed by atoms with van der Waals surface area (Å²) in [7, 11) is 0. The molecular formula is C95H112ClIK2N2O20. The quantitative estimate of drug-likeness (QED) is 0.00188. The van der Waals surface area contributed by atoms with Crippen LogP contribution in [0.3, 0.4) is 0 Å². The molecule has 0 bridgehead atoms. The molecule has 26 heteroatoms. The topological polar surface area (TPSA) is 321 Å². The number of phenolic OH excluding ortho intramolecular Hbond substituents is 1. The van der Waals surface area contributed by atoms with Gasteiger partial charge in [0.1, 0.15) is 75.0 Å². The summed E-state index contributed by atoms with van der Waals surface area (Å²) in [5.41, 5.74) is 12.6. The van der Waals surface area contributed by atoms with Crippen molar-refractivity contribution in [3.63, 3.8) is 0 Å². The molecule has 2 atom stereocenters. The molecule has 10 aromatic carbocycles. The van der Waals surface area contributed by atoms with Crippen LogP contribution in [0.15, 0.2) is 309 Å². The van der Waals surface area contributed by atoms with Crippen LogP contribution in [0, 0.1) is 0 Å². The number of halogens is 2. The zero-order chi connectivity index (χ0) is 87.8. The van der Waals surface area contributed by atoms with Crippen molar-refractivity contribution >= 4 is 86.4 Å². The fourth-order valence-electron chi connectivity index (χ4n) is 9.80. The van der Waals surface area contributed by atoms with Crippen LogP contribution in [0.1, 0.15) is 76.3 Å².